The van der Waals surface area contributed by atoms with E-state index in [0.29, 0.717) is 12.8 Å². The van der Waals surface area contributed by atoms with Crippen LogP contribution in [0, 0.1) is 0 Å². The van der Waals surface area contributed by atoms with E-state index in [0.717, 1.165) is 16.7 Å². The van der Waals surface area contributed by atoms with Crippen molar-refractivity contribution in [2.45, 2.75) is 50.2 Å². The Morgan fingerprint density at radius 1 is 0.818 bits per heavy atom. The molecule has 1 aliphatic rings. The van der Waals surface area contributed by atoms with Gasteiger partial charge in [0.05, 0.1) is 0 Å². The molecule has 0 heterocycles. The molecule has 2 N–H and O–H groups in total. The van der Waals surface area contributed by atoms with Gasteiger partial charge in [-0.25, -0.2) is 0 Å². The van der Waals surface area contributed by atoms with Gasteiger partial charge in [0.2, 0.25) is 0 Å². The van der Waals surface area contributed by atoms with Gasteiger partial charge < -0.3 is 10.2 Å². The molecule has 0 aromatic heterocycles. The first-order valence-electron chi connectivity index (χ1n) is 7.85. The van der Waals surface area contributed by atoms with Crippen LogP contribution < -0.4 is 0 Å². The summed E-state index contributed by atoms with van der Waals surface area (Å²) in [6.07, 6.45) is 0.970. The summed E-state index contributed by atoms with van der Waals surface area (Å²) >= 11 is 0. The average molecular weight is 296 g/mol. The summed E-state index contributed by atoms with van der Waals surface area (Å²) in [4.78, 5) is 0. The molecule has 116 valence electrons. The van der Waals surface area contributed by atoms with Crippen molar-refractivity contribution in [3.05, 3.63) is 71.3 Å². The summed E-state index contributed by atoms with van der Waals surface area (Å²) in [6.45, 7) is 6.01. The minimum atomic E-state index is -1.27. The molecule has 0 radical (unpaired) electrons. The number of hydrogen-bond donors (Lipinski definition) is 2. The van der Waals surface area contributed by atoms with E-state index >= 15 is 0 Å². The maximum atomic E-state index is 11.4. The van der Waals surface area contributed by atoms with E-state index in [4.69, 9.17) is 0 Å². The topological polar surface area (TPSA) is 40.5 Å². The molecule has 2 aromatic rings. The Labute approximate surface area is 132 Å². The number of aliphatic hydroxyl groups is 2. The fourth-order valence-electron chi connectivity index (χ4n) is 3.92. The normalized spacial score (nSPS) is 29.9. The zero-order chi connectivity index (χ0) is 16.0. The SMILES string of the molecule is CC1(C)C[C@](O)(Cc2ccccc2)[C@](C)(O)c2ccccc21. The second kappa shape index (κ2) is 4.94. The minimum absolute atomic E-state index is 0.178. The third-order valence-electron chi connectivity index (χ3n) is 5.16. The molecule has 2 atom stereocenters. The van der Waals surface area contributed by atoms with Crippen LogP contribution in [0.4, 0.5) is 0 Å². The van der Waals surface area contributed by atoms with Crippen molar-refractivity contribution in [1.29, 1.82) is 0 Å². The summed E-state index contributed by atoms with van der Waals surface area (Å²) < 4.78 is 0. The van der Waals surface area contributed by atoms with Gasteiger partial charge in [0.25, 0.3) is 0 Å². The molecule has 2 heteroatoms. The molecular weight excluding hydrogens is 272 g/mol. The standard InChI is InChI=1S/C20H24O2/c1-18(2)14-20(22,13-15-9-5-4-6-10-15)19(3,21)17-12-8-7-11-16(17)18/h4-12,21-22H,13-14H2,1-3H3/t19-,20-/m1/s1. The van der Waals surface area contributed by atoms with Gasteiger partial charge in [-0.3, -0.25) is 0 Å². The van der Waals surface area contributed by atoms with E-state index in [1.165, 1.54) is 0 Å². The summed E-state index contributed by atoms with van der Waals surface area (Å²) in [6, 6.07) is 17.8. The van der Waals surface area contributed by atoms with Gasteiger partial charge >= 0.3 is 0 Å². The van der Waals surface area contributed by atoms with E-state index in [-0.39, 0.29) is 5.41 Å². The van der Waals surface area contributed by atoms with Crippen molar-refractivity contribution in [3.8, 4) is 0 Å². The molecule has 0 amide bonds. The molecule has 0 unspecified atom stereocenters. The predicted molar refractivity (Wildman–Crippen MR) is 88.8 cm³/mol. The van der Waals surface area contributed by atoms with Crippen molar-refractivity contribution >= 4 is 0 Å². The zero-order valence-electron chi connectivity index (χ0n) is 13.5. The lowest BCUT2D eigenvalue weighted by Crippen LogP contribution is -2.58. The molecule has 0 aliphatic heterocycles. The van der Waals surface area contributed by atoms with Gasteiger partial charge in [-0.1, -0.05) is 68.4 Å². The first kappa shape index (κ1) is 15.3. The van der Waals surface area contributed by atoms with Gasteiger partial charge in [-0.2, -0.15) is 0 Å². The molecular formula is C20H24O2. The van der Waals surface area contributed by atoms with Crippen LogP contribution in [0.1, 0.15) is 43.9 Å². The Kier molecular flexibility index (Phi) is 3.42. The van der Waals surface area contributed by atoms with E-state index in [2.05, 4.69) is 19.9 Å². The van der Waals surface area contributed by atoms with Crippen LogP contribution >= 0.6 is 0 Å². The second-order valence-electron chi connectivity index (χ2n) is 7.37. The molecule has 0 bridgehead atoms. The third-order valence-corrected chi connectivity index (χ3v) is 5.16. The molecule has 0 spiro atoms. The van der Waals surface area contributed by atoms with E-state index in [1.54, 1.807) is 6.92 Å². The average Bonchev–Trinajstić information content (AvgIpc) is 2.46. The number of benzene rings is 2. The van der Waals surface area contributed by atoms with Crippen LogP contribution in [0.2, 0.25) is 0 Å². The smallest absolute Gasteiger partial charge is 0.116 e. The van der Waals surface area contributed by atoms with Crippen molar-refractivity contribution in [1.82, 2.24) is 0 Å². The van der Waals surface area contributed by atoms with Crippen LogP contribution in [-0.2, 0) is 17.4 Å². The summed E-state index contributed by atoms with van der Waals surface area (Å²) in [5, 5.41) is 22.6. The number of hydrogen-bond acceptors (Lipinski definition) is 2. The van der Waals surface area contributed by atoms with Gasteiger partial charge in [0.15, 0.2) is 0 Å². The molecule has 2 nitrogen and oxygen atoms in total. The molecule has 0 fully saturated rings. The first-order valence-corrected chi connectivity index (χ1v) is 7.85. The maximum absolute atomic E-state index is 11.4. The van der Waals surface area contributed by atoms with Crippen molar-refractivity contribution in [3.63, 3.8) is 0 Å². The largest absolute Gasteiger partial charge is 0.386 e. The maximum Gasteiger partial charge on any atom is 0.116 e. The van der Waals surface area contributed by atoms with Crippen molar-refractivity contribution < 1.29 is 10.2 Å². The Morgan fingerprint density at radius 2 is 1.36 bits per heavy atom. The lowest BCUT2D eigenvalue weighted by Gasteiger charge is -2.52. The highest BCUT2D eigenvalue weighted by Crippen LogP contribution is 2.51. The molecule has 3 rings (SSSR count). The Balaban J connectivity index is 2.10. The fraction of sp³-hybridized carbons (Fsp3) is 0.400. The Bertz CT molecular complexity index is 673. The lowest BCUT2D eigenvalue weighted by molar-refractivity contribution is -0.168. The summed E-state index contributed by atoms with van der Waals surface area (Å²) in [7, 11) is 0. The lowest BCUT2D eigenvalue weighted by atomic mass is 9.58. The van der Waals surface area contributed by atoms with Crippen LogP contribution in [-0.4, -0.2) is 15.8 Å². The number of rotatable bonds is 2. The Morgan fingerprint density at radius 3 is 2.00 bits per heavy atom. The van der Waals surface area contributed by atoms with Crippen LogP contribution in [0.15, 0.2) is 54.6 Å². The third kappa shape index (κ3) is 2.27. The highest BCUT2D eigenvalue weighted by atomic mass is 16.4. The molecule has 0 saturated carbocycles. The van der Waals surface area contributed by atoms with Crippen LogP contribution in [0.3, 0.4) is 0 Å². The van der Waals surface area contributed by atoms with Crippen LogP contribution in [0.25, 0.3) is 0 Å². The van der Waals surface area contributed by atoms with Crippen molar-refractivity contribution in [2.24, 2.45) is 0 Å². The van der Waals surface area contributed by atoms with E-state index < -0.39 is 11.2 Å². The van der Waals surface area contributed by atoms with Gasteiger partial charge in [0.1, 0.15) is 11.2 Å². The first-order chi connectivity index (χ1) is 10.3. The molecule has 0 saturated heterocycles. The Hall–Kier alpha value is -1.64. The summed E-state index contributed by atoms with van der Waals surface area (Å²) in [5.74, 6) is 0. The second-order valence-corrected chi connectivity index (χ2v) is 7.37. The van der Waals surface area contributed by atoms with Crippen molar-refractivity contribution in [2.75, 3.05) is 0 Å². The monoisotopic (exact) mass is 296 g/mol. The van der Waals surface area contributed by atoms with Gasteiger partial charge in [-0.15, -0.1) is 0 Å². The molecule has 1 aliphatic carbocycles. The van der Waals surface area contributed by atoms with Crippen LogP contribution in [0.5, 0.6) is 0 Å². The van der Waals surface area contributed by atoms with Gasteiger partial charge in [0, 0.05) is 6.42 Å². The fourth-order valence-corrected chi connectivity index (χ4v) is 3.92. The molecule has 22 heavy (non-hydrogen) atoms. The minimum Gasteiger partial charge on any atom is -0.386 e. The van der Waals surface area contributed by atoms with E-state index in [1.807, 2.05) is 48.5 Å². The summed E-state index contributed by atoms with van der Waals surface area (Å²) in [5.41, 5.74) is 0.367. The van der Waals surface area contributed by atoms with E-state index in [9.17, 15) is 10.2 Å². The zero-order valence-corrected chi connectivity index (χ0v) is 13.5. The highest BCUT2D eigenvalue weighted by Gasteiger charge is 2.55. The predicted octanol–water partition coefficient (Wildman–Crippen LogP) is 3.55. The quantitative estimate of drug-likeness (QED) is 0.890. The number of fused-ring (bicyclic) bond motifs is 1. The van der Waals surface area contributed by atoms with Gasteiger partial charge in [-0.05, 0) is 35.4 Å². The molecule has 2 aromatic carbocycles. The highest BCUT2D eigenvalue weighted by molar-refractivity contribution is 5.43.